The quantitative estimate of drug-likeness (QED) is 0.363. The van der Waals surface area contributed by atoms with E-state index >= 15 is 0 Å². The molecule has 0 radical (unpaired) electrons. The predicted molar refractivity (Wildman–Crippen MR) is 69.4 cm³/mol. The van der Waals surface area contributed by atoms with Crippen molar-refractivity contribution in [3.05, 3.63) is 40.5 Å². The van der Waals surface area contributed by atoms with Gasteiger partial charge in [-0.25, -0.2) is 4.79 Å². The smallest absolute Gasteiger partial charge is 0.358 e. The van der Waals surface area contributed by atoms with Crippen molar-refractivity contribution >= 4 is 33.9 Å². The van der Waals surface area contributed by atoms with Crippen LogP contribution in [0, 0.1) is 0 Å². The normalized spacial score (nSPS) is 11.6. The number of nitrogens with zero attached hydrogens (tertiary/aromatic N) is 2. The topological polar surface area (TPSA) is 68.1 Å². The van der Waals surface area contributed by atoms with Crippen molar-refractivity contribution in [2.45, 2.75) is 6.92 Å². The maximum atomic E-state index is 11.4. The van der Waals surface area contributed by atoms with Gasteiger partial charge in [0.25, 0.3) is 0 Å². The van der Waals surface area contributed by atoms with E-state index in [9.17, 15) is 9.59 Å². The third-order valence-corrected chi connectivity index (χ3v) is 2.34. The van der Waals surface area contributed by atoms with Gasteiger partial charge in [0.15, 0.2) is 5.70 Å². The molecule has 94 valence electrons. The zero-order valence-corrected chi connectivity index (χ0v) is 11.3. The molecule has 0 bridgehead atoms. The molecule has 0 aromatic heterocycles. The zero-order valence-electron chi connectivity index (χ0n) is 9.67. The lowest BCUT2D eigenvalue weighted by molar-refractivity contribution is -0.138. The summed E-state index contributed by atoms with van der Waals surface area (Å²) in [5.74, 6) is -0.675. The number of carbonyl (C=O) groups excluding carboxylic acids is 2. The number of ether oxygens (including phenoxy) is 1. The molecule has 1 aromatic carbocycles. The molecule has 0 atom stereocenters. The standard InChI is InChI=1S/C12H11BrN2O3/c1-2-18-12(17)11(7-8-16)15-14-10-5-3-9(13)4-6-10/h3-8H,2H2,1H3/b11-7+,15-14?. The molecule has 1 aromatic rings. The molecule has 0 aliphatic rings. The summed E-state index contributed by atoms with van der Waals surface area (Å²) >= 11 is 3.29. The van der Waals surface area contributed by atoms with Crippen molar-refractivity contribution in [2.24, 2.45) is 10.2 Å². The van der Waals surface area contributed by atoms with Crippen LogP contribution in [0.5, 0.6) is 0 Å². The van der Waals surface area contributed by atoms with E-state index in [-0.39, 0.29) is 12.3 Å². The lowest BCUT2D eigenvalue weighted by atomic mass is 10.3. The van der Waals surface area contributed by atoms with E-state index in [0.29, 0.717) is 12.0 Å². The first kappa shape index (κ1) is 14.2. The van der Waals surface area contributed by atoms with Crippen LogP contribution in [0.2, 0.25) is 0 Å². The van der Waals surface area contributed by atoms with Gasteiger partial charge in [-0.1, -0.05) is 15.9 Å². The van der Waals surface area contributed by atoms with E-state index in [1.54, 1.807) is 31.2 Å². The summed E-state index contributed by atoms with van der Waals surface area (Å²) in [5, 5.41) is 7.54. The SMILES string of the molecule is CCOC(=O)/C(=C\C=O)N=Nc1ccc(Br)cc1. The second-order valence-electron chi connectivity index (χ2n) is 3.08. The van der Waals surface area contributed by atoms with Crippen LogP contribution in [0.4, 0.5) is 5.69 Å². The monoisotopic (exact) mass is 310 g/mol. The molecule has 0 heterocycles. The van der Waals surface area contributed by atoms with Crippen molar-refractivity contribution in [1.29, 1.82) is 0 Å². The molecule has 0 unspecified atom stereocenters. The van der Waals surface area contributed by atoms with E-state index < -0.39 is 5.97 Å². The lowest BCUT2D eigenvalue weighted by Crippen LogP contribution is -2.05. The highest BCUT2D eigenvalue weighted by atomic mass is 79.9. The predicted octanol–water partition coefficient (Wildman–Crippen LogP) is 3.18. The minimum Gasteiger partial charge on any atom is -0.461 e. The first-order valence-electron chi connectivity index (χ1n) is 5.17. The van der Waals surface area contributed by atoms with Gasteiger partial charge in [0.1, 0.15) is 6.29 Å². The summed E-state index contributed by atoms with van der Waals surface area (Å²) < 4.78 is 5.65. The van der Waals surface area contributed by atoms with Gasteiger partial charge in [0.2, 0.25) is 0 Å². The highest BCUT2D eigenvalue weighted by Crippen LogP contribution is 2.18. The Hall–Kier alpha value is -1.82. The molecule has 0 N–H and O–H groups in total. The summed E-state index contributed by atoms with van der Waals surface area (Å²) in [6, 6.07) is 7.03. The summed E-state index contributed by atoms with van der Waals surface area (Å²) in [4.78, 5) is 21.8. The Labute approximate surface area is 113 Å². The maximum absolute atomic E-state index is 11.4. The second-order valence-corrected chi connectivity index (χ2v) is 4.00. The van der Waals surface area contributed by atoms with Crippen molar-refractivity contribution in [3.8, 4) is 0 Å². The van der Waals surface area contributed by atoms with Crippen LogP contribution in [0.15, 0.2) is 50.7 Å². The van der Waals surface area contributed by atoms with Crippen molar-refractivity contribution < 1.29 is 14.3 Å². The first-order chi connectivity index (χ1) is 8.67. The van der Waals surface area contributed by atoms with Crippen LogP contribution < -0.4 is 0 Å². The molecule has 0 amide bonds. The molecule has 0 spiro atoms. The molecule has 5 nitrogen and oxygen atoms in total. The number of hydrogen-bond donors (Lipinski definition) is 0. The average molecular weight is 311 g/mol. The van der Waals surface area contributed by atoms with Gasteiger partial charge in [0.05, 0.1) is 12.3 Å². The Morgan fingerprint density at radius 1 is 1.39 bits per heavy atom. The van der Waals surface area contributed by atoms with Crippen LogP contribution in [-0.2, 0) is 14.3 Å². The Morgan fingerprint density at radius 3 is 2.61 bits per heavy atom. The number of halogens is 1. The molecule has 0 aliphatic carbocycles. The third-order valence-electron chi connectivity index (χ3n) is 1.81. The van der Waals surface area contributed by atoms with Gasteiger partial charge in [-0.3, -0.25) is 4.79 Å². The van der Waals surface area contributed by atoms with E-state index in [1.807, 2.05) is 0 Å². The highest BCUT2D eigenvalue weighted by Gasteiger charge is 2.09. The molecule has 6 heteroatoms. The second kappa shape index (κ2) is 7.50. The van der Waals surface area contributed by atoms with Crippen molar-refractivity contribution in [2.75, 3.05) is 6.61 Å². The fourth-order valence-corrected chi connectivity index (χ4v) is 1.30. The van der Waals surface area contributed by atoms with Gasteiger partial charge in [-0.15, -0.1) is 5.11 Å². The Balaban J connectivity index is 2.84. The van der Waals surface area contributed by atoms with Gasteiger partial charge in [-0.2, -0.15) is 5.11 Å². The number of carbonyl (C=O) groups is 2. The number of aldehydes is 1. The molecule has 18 heavy (non-hydrogen) atoms. The van der Waals surface area contributed by atoms with Crippen LogP contribution in [-0.4, -0.2) is 18.9 Å². The molecule has 0 saturated heterocycles. The van der Waals surface area contributed by atoms with Crippen LogP contribution in [0.3, 0.4) is 0 Å². The minimum atomic E-state index is -0.675. The van der Waals surface area contributed by atoms with Gasteiger partial charge >= 0.3 is 5.97 Å². The number of benzene rings is 1. The number of azo groups is 1. The molecular weight excluding hydrogens is 300 g/mol. The summed E-state index contributed by atoms with van der Waals surface area (Å²) in [5.41, 5.74) is 0.439. The summed E-state index contributed by atoms with van der Waals surface area (Å²) in [7, 11) is 0. The molecule has 0 aliphatic heterocycles. The largest absolute Gasteiger partial charge is 0.461 e. The maximum Gasteiger partial charge on any atom is 0.358 e. The summed E-state index contributed by atoms with van der Waals surface area (Å²) in [6.45, 7) is 1.88. The van der Waals surface area contributed by atoms with E-state index in [0.717, 1.165) is 10.5 Å². The van der Waals surface area contributed by atoms with Gasteiger partial charge in [0, 0.05) is 10.5 Å². The molecule has 0 saturated carbocycles. The lowest BCUT2D eigenvalue weighted by Gasteiger charge is -1.99. The van der Waals surface area contributed by atoms with Crippen LogP contribution >= 0.6 is 15.9 Å². The van der Waals surface area contributed by atoms with Crippen LogP contribution in [0.1, 0.15) is 6.92 Å². The van der Waals surface area contributed by atoms with E-state index in [2.05, 4.69) is 26.2 Å². The zero-order chi connectivity index (χ0) is 13.4. The number of rotatable bonds is 5. The van der Waals surface area contributed by atoms with E-state index in [1.165, 1.54) is 0 Å². The summed E-state index contributed by atoms with van der Waals surface area (Å²) in [6.07, 6.45) is 1.48. The minimum absolute atomic E-state index is 0.130. The van der Waals surface area contributed by atoms with Crippen molar-refractivity contribution in [3.63, 3.8) is 0 Å². The number of esters is 1. The highest BCUT2D eigenvalue weighted by molar-refractivity contribution is 9.10. The first-order valence-corrected chi connectivity index (χ1v) is 5.96. The fourth-order valence-electron chi connectivity index (χ4n) is 1.03. The van der Waals surface area contributed by atoms with E-state index in [4.69, 9.17) is 4.74 Å². The van der Waals surface area contributed by atoms with Gasteiger partial charge < -0.3 is 4.74 Å². The molecular formula is C12H11BrN2O3. The van der Waals surface area contributed by atoms with Crippen LogP contribution in [0.25, 0.3) is 0 Å². The Morgan fingerprint density at radius 2 is 2.06 bits per heavy atom. The average Bonchev–Trinajstić information content (AvgIpc) is 2.36. The molecule has 1 rings (SSSR count). The van der Waals surface area contributed by atoms with Gasteiger partial charge in [-0.05, 0) is 31.2 Å². The van der Waals surface area contributed by atoms with Crippen molar-refractivity contribution in [1.82, 2.24) is 0 Å². The fraction of sp³-hybridized carbons (Fsp3) is 0.167. The third kappa shape index (κ3) is 4.58. The Bertz CT molecular complexity index is 481. The molecule has 0 fully saturated rings. The number of allylic oxidation sites excluding steroid dienone is 1. The number of hydrogen-bond acceptors (Lipinski definition) is 5. The Kier molecular flexibility index (Phi) is 5.93.